The van der Waals surface area contributed by atoms with E-state index in [1.54, 1.807) is 23.5 Å². The number of aliphatic carboxylic acids is 1. The predicted octanol–water partition coefficient (Wildman–Crippen LogP) is 3.76. The highest BCUT2D eigenvalue weighted by atomic mass is 32.1. The fourth-order valence-electron chi connectivity index (χ4n) is 3.03. The van der Waals surface area contributed by atoms with Crippen LogP contribution >= 0.6 is 11.3 Å². The number of nitro groups is 1. The lowest BCUT2D eigenvalue weighted by Gasteiger charge is -2.32. The molecule has 1 aromatic heterocycles. The molecule has 1 aliphatic heterocycles. The lowest BCUT2D eigenvalue weighted by molar-refractivity contribution is -0.384. The Morgan fingerprint density at radius 2 is 2.00 bits per heavy atom. The number of hydrogen-bond donors (Lipinski definition) is 1. The fourth-order valence-corrected chi connectivity index (χ4v) is 4.06. The zero-order valence-corrected chi connectivity index (χ0v) is 13.9. The van der Waals surface area contributed by atoms with E-state index in [-0.39, 0.29) is 5.69 Å². The predicted molar refractivity (Wildman–Crippen MR) is 92.1 cm³/mol. The van der Waals surface area contributed by atoms with E-state index in [0.717, 1.165) is 34.7 Å². The van der Waals surface area contributed by atoms with Gasteiger partial charge in [-0.05, 0) is 49.2 Å². The van der Waals surface area contributed by atoms with E-state index in [4.69, 9.17) is 0 Å². The normalized spacial score (nSPS) is 18.4. The van der Waals surface area contributed by atoms with Crippen molar-refractivity contribution in [1.82, 2.24) is 4.90 Å². The second-order valence-corrected chi connectivity index (χ2v) is 7.06. The van der Waals surface area contributed by atoms with Gasteiger partial charge in [0.15, 0.2) is 0 Å². The third kappa shape index (κ3) is 3.63. The van der Waals surface area contributed by atoms with Crippen LogP contribution in [0.15, 0.2) is 36.4 Å². The Hall–Kier alpha value is -2.25. The summed E-state index contributed by atoms with van der Waals surface area (Å²) in [5, 5.41) is 20.1. The SMILES string of the molecule is O=C(O)C1CCCCN1Cc1ccc(-c2ccc([N+](=O)[O-])cc2)s1. The maximum atomic E-state index is 11.4. The van der Waals surface area contributed by atoms with Gasteiger partial charge in [0.1, 0.15) is 6.04 Å². The second kappa shape index (κ2) is 7.11. The quantitative estimate of drug-likeness (QED) is 0.658. The molecule has 1 atom stereocenters. The van der Waals surface area contributed by atoms with Crippen molar-refractivity contribution >= 4 is 23.0 Å². The molecule has 0 aliphatic carbocycles. The number of carboxylic acid groups (broad SMARTS) is 1. The van der Waals surface area contributed by atoms with Crippen LogP contribution in [-0.4, -0.2) is 33.5 Å². The molecule has 6 nitrogen and oxygen atoms in total. The lowest BCUT2D eigenvalue weighted by Crippen LogP contribution is -2.43. The summed E-state index contributed by atoms with van der Waals surface area (Å²) in [6, 6.07) is 10.1. The number of benzene rings is 1. The molecule has 2 aromatic rings. The fraction of sp³-hybridized carbons (Fsp3) is 0.353. The van der Waals surface area contributed by atoms with E-state index in [1.165, 1.54) is 12.1 Å². The number of likely N-dealkylation sites (tertiary alicyclic amines) is 1. The Morgan fingerprint density at radius 3 is 2.67 bits per heavy atom. The number of nitro benzene ring substituents is 1. The van der Waals surface area contributed by atoms with Crippen molar-refractivity contribution < 1.29 is 14.8 Å². The van der Waals surface area contributed by atoms with Crippen molar-refractivity contribution in [1.29, 1.82) is 0 Å². The molecule has 1 unspecified atom stereocenters. The van der Waals surface area contributed by atoms with Crippen LogP contribution in [0.25, 0.3) is 10.4 Å². The minimum atomic E-state index is -0.748. The van der Waals surface area contributed by atoms with Crippen molar-refractivity contribution in [3.05, 3.63) is 51.4 Å². The summed E-state index contributed by atoms with van der Waals surface area (Å²) in [5.41, 5.74) is 1.01. The maximum Gasteiger partial charge on any atom is 0.320 e. The third-order valence-electron chi connectivity index (χ3n) is 4.28. The van der Waals surface area contributed by atoms with Gasteiger partial charge in [-0.1, -0.05) is 6.42 Å². The Morgan fingerprint density at radius 1 is 1.25 bits per heavy atom. The first-order chi connectivity index (χ1) is 11.5. The maximum absolute atomic E-state index is 11.4. The number of hydrogen-bond acceptors (Lipinski definition) is 5. The summed E-state index contributed by atoms with van der Waals surface area (Å²) in [6.07, 6.45) is 2.70. The molecule has 0 spiro atoms. The molecular formula is C17H18N2O4S. The molecule has 0 bridgehead atoms. The van der Waals surface area contributed by atoms with Gasteiger partial charge < -0.3 is 5.11 Å². The molecule has 1 fully saturated rings. The van der Waals surface area contributed by atoms with E-state index in [0.29, 0.717) is 13.0 Å². The van der Waals surface area contributed by atoms with Crippen LogP contribution in [0.5, 0.6) is 0 Å². The van der Waals surface area contributed by atoms with Crippen LogP contribution in [0.1, 0.15) is 24.1 Å². The molecule has 0 radical (unpaired) electrons. The third-order valence-corrected chi connectivity index (χ3v) is 5.40. The number of carboxylic acids is 1. The smallest absolute Gasteiger partial charge is 0.320 e. The lowest BCUT2D eigenvalue weighted by atomic mass is 10.0. The van der Waals surface area contributed by atoms with Crippen molar-refractivity contribution in [2.24, 2.45) is 0 Å². The number of thiophene rings is 1. The first-order valence-corrected chi connectivity index (χ1v) is 8.66. The number of piperidine rings is 1. The van der Waals surface area contributed by atoms with Gasteiger partial charge in [-0.3, -0.25) is 19.8 Å². The average Bonchev–Trinajstić information content (AvgIpc) is 3.04. The van der Waals surface area contributed by atoms with Gasteiger partial charge in [0, 0.05) is 28.4 Å². The van der Waals surface area contributed by atoms with Crippen LogP contribution in [-0.2, 0) is 11.3 Å². The number of carbonyl (C=O) groups is 1. The summed E-state index contributed by atoms with van der Waals surface area (Å²) < 4.78 is 0. The van der Waals surface area contributed by atoms with Gasteiger partial charge in [0.2, 0.25) is 0 Å². The Kier molecular flexibility index (Phi) is 4.92. The summed E-state index contributed by atoms with van der Waals surface area (Å²) in [6.45, 7) is 1.44. The van der Waals surface area contributed by atoms with Gasteiger partial charge in [-0.2, -0.15) is 0 Å². The Labute approximate surface area is 143 Å². The van der Waals surface area contributed by atoms with Crippen LogP contribution < -0.4 is 0 Å². The van der Waals surface area contributed by atoms with Crippen LogP contribution in [0.3, 0.4) is 0 Å². The second-order valence-electron chi connectivity index (χ2n) is 5.89. The molecule has 3 rings (SSSR count). The largest absolute Gasteiger partial charge is 0.480 e. The zero-order valence-electron chi connectivity index (χ0n) is 13.1. The van der Waals surface area contributed by atoms with Gasteiger partial charge >= 0.3 is 5.97 Å². The Balaban J connectivity index is 1.73. The van der Waals surface area contributed by atoms with Crippen LogP contribution in [0.4, 0.5) is 5.69 Å². The molecule has 1 saturated heterocycles. The molecule has 126 valence electrons. The molecule has 2 heterocycles. The van der Waals surface area contributed by atoms with E-state index in [2.05, 4.69) is 0 Å². The minimum Gasteiger partial charge on any atom is -0.480 e. The van der Waals surface area contributed by atoms with Gasteiger partial charge in [0.05, 0.1) is 4.92 Å². The van der Waals surface area contributed by atoms with Crippen molar-refractivity contribution in [2.45, 2.75) is 31.8 Å². The molecule has 24 heavy (non-hydrogen) atoms. The molecule has 0 amide bonds. The topological polar surface area (TPSA) is 83.7 Å². The number of rotatable bonds is 5. The summed E-state index contributed by atoms with van der Waals surface area (Å²) in [4.78, 5) is 25.8. The number of non-ortho nitro benzene ring substituents is 1. The monoisotopic (exact) mass is 346 g/mol. The molecule has 7 heteroatoms. The van der Waals surface area contributed by atoms with Crippen molar-refractivity contribution in [2.75, 3.05) is 6.54 Å². The summed E-state index contributed by atoms with van der Waals surface area (Å²) in [7, 11) is 0. The number of nitrogens with zero attached hydrogens (tertiary/aromatic N) is 2. The van der Waals surface area contributed by atoms with Crippen LogP contribution in [0.2, 0.25) is 0 Å². The minimum absolute atomic E-state index is 0.0770. The van der Waals surface area contributed by atoms with E-state index < -0.39 is 16.9 Å². The molecule has 1 aromatic carbocycles. The van der Waals surface area contributed by atoms with E-state index in [9.17, 15) is 20.0 Å². The standard InChI is InChI=1S/C17H18N2O4S/c20-17(21)15-3-1-2-10-18(15)11-14-8-9-16(24-14)12-4-6-13(7-5-12)19(22)23/h4-9,15H,1-3,10-11H2,(H,20,21). The van der Waals surface area contributed by atoms with Gasteiger partial charge in [-0.15, -0.1) is 11.3 Å². The molecule has 1 aliphatic rings. The van der Waals surface area contributed by atoms with Crippen LogP contribution in [0, 0.1) is 10.1 Å². The van der Waals surface area contributed by atoms with Gasteiger partial charge in [-0.25, -0.2) is 0 Å². The summed E-state index contributed by atoms with van der Waals surface area (Å²) in [5.74, 6) is -0.748. The zero-order chi connectivity index (χ0) is 17.1. The van der Waals surface area contributed by atoms with Crippen molar-refractivity contribution in [3.8, 4) is 10.4 Å². The molecule has 0 saturated carbocycles. The summed E-state index contributed by atoms with van der Waals surface area (Å²) >= 11 is 1.60. The van der Waals surface area contributed by atoms with Gasteiger partial charge in [0.25, 0.3) is 5.69 Å². The molecule has 1 N–H and O–H groups in total. The molecular weight excluding hydrogens is 328 g/mol. The van der Waals surface area contributed by atoms with E-state index >= 15 is 0 Å². The average molecular weight is 346 g/mol. The van der Waals surface area contributed by atoms with E-state index in [1.807, 2.05) is 17.0 Å². The highest BCUT2D eigenvalue weighted by Crippen LogP contribution is 2.31. The highest BCUT2D eigenvalue weighted by Gasteiger charge is 2.28. The Bertz CT molecular complexity index is 741. The first kappa shape index (κ1) is 16.6. The van der Waals surface area contributed by atoms with Crippen molar-refractivity contribution in [3.63, 3.8) is 0 Å². The highest BCUT2D eigenvalue weighted by molar-refractivity contribution is 7.15. The first-order valence-electron chi connectivity index (χ1n) is 7.85.